The number of aromatic hydroxyl groups is 1. The zero-order valence-corrected chi connectivity index (χ0v) is 19.0. The highest BCUT2D eigenvalue weighted by molar-refractivity contribution is 7.89. The Labute approximate surface area is 192 Å². The highest BCUT2D eigenvalue weighted by Crippen LogP contribution is 2.35. The lowest BCUT2D eigenvalue weighted by Crippen LogP contribution is -2.35. The minimum atomic E-state index is -3.68. The minimum absolute atomic E-state index is 0.00319. The number of hydrogen-bond donors (Lipinski definition) is 2. The summed E-state index contributed by atoms with van der Waals surface area (Å²) in [5.74, 6) is -1.62. The van der Waals surface area contributed by atoms with Crippen LogP contribution in [0, 0.1) is 0 Å². The van der Waals surface area contributed by atoms with Gasteiger partial charge in [0.1, 0.15) is 4.90 Å². The van der Waals surface area contributed by atoms with Gasteiger partial charge >= 0.3 is 5.97 Å². The molecule has 0 saturated heterocycles. The Morgan fingerprint density at radius 3 is 2.45 bits per heavy atom. The van der Waals surface area contributed by atoms with Gasteiger partial charge in [0.15, 0.2) is 5.82 Å². The SMILES string of the molecule is CN(C1CCCC1)S(=O)(=O)c1ccc(-n2ncc(C(CC(=O)O)c3ccccc3)c2O)nc1. The van der Waals surface area contributed by atoms with Gasteiger partial charge in [-0.15, -0.1) is 0 Å². The summed E-state index contributed by atoms with van der Waals surface area (Å²) < 4.78 is 28.5. The van der Waals surface area contributed by atoms with Crippen LogP contribution in [0.1, 0.15) is 49.1 Å². The first-order valence-corrected chi connectivity index (χ1v) is 12.2. The summed E-state index contributed by atoms with van der Waals surface area (Å²) in [5, 5.41) is 24.4. The smallest absolute Gasteiger partial charge is 0.304 e. The zero-order valence-electron chi connectivity index (χ0n) is 18.2. The molecule has 1 saturated carbocycles. The summed E-state index contributed by atoms with van der Waals surface area (Å²) in [7, 11) is -2.08. The largest absolute Gasteiger partial charge is 0.493 e. The Morgan fingerprint density at radius 2 is 1.85 bits per heavy atom. The highest BCUT2D eigenvalue weighted by Gasteiger charge is 2.30. The van der Waals surface area contributed by atoms with E-state index >= 15 is 0 Å². The van der Waals surface area contributed by atoms with E-state index in [-0.39, 0.29) is 29.1 Å². The van der Waals surface area contributed by atoms with E-state index in [9.17, 15) is 23.4 Å². The summed E-state index contributed by atoms with van der Waals surface area (Å²) >= 11 is 0. The molecule has 0 aliphatic heterocycles. The van der Waals surface area contributed by atoms with Crippen molar-refractivity contribution in [2.45, 2.75) is 49.0 Å². The molecule has 0 radical (unpaired) electrons. The quantitative estimate of drug-likeness (QED) is 0.518. The average Bonchev–Trinajstić information content (AvgIpc) is 3.48. The fraction of sp³-hybridized carbons (Fsp3) is 0.348. The maximum Gasteiger partial charge on any atom is 0.304 e. The lowest BCUT2D eigenvalue weighted by atomic mass is 9.90. The van der Waals surface area contributed by atoms with E-state index in [0.29, 0.717) is 5.56 Å². The molecule has 0 spiro atoms. The molecule has 0 bridgehead atoms. The Bertz CT molecular complexity index is 1220. The standard InChI is InChI=1S/C23H26N4O5S/c1-26(17-9-5-6-10-17)33(31,32)18-11-12-21(24-14-18)27-23(30)20(15-25-27)19(13-22(28)29)16-7-3-2-4-8-16/h2-4,7-8,11-12,14-15,17,19,30H,5-6,9-10,13H2,1H3,(H,28,29). The fourth-order valence-electron chi connectivity index (χ4n) is 4.32. The monoisotopic (exact) mass is 470 g/mol. The predicted molar refractivity (Wildman–Crippen MR) is 121 cm³/mol. The molecule has 1 aliphatic carbocycles. The van der Waals surface area contributed by atoms with Gasteiger partial charge in [-0.3, -0.25) is 4.79 Å². The van der Waals surface area contributed by atoms with Crippen molar-refractivity contribution >= 4 is 16.0 Å². The number of benzene rings is 1. The van der Waals surface area contributed by atoms with Crippen LogP contribution in [0.2, 0.25) is 0 Å². The zero-order chi connectivity index (χ0) is 23.6. The number of rotatable bonds is 8. The number of pyridine rings is 1. The van der Waals surface area contributed by atoms with Crippen molar-refractivity contribution in [3.8, 4) is 11.7 Å². The van der Waals surface area contributed by atoms with Gasteiger partial charge in [0.05, 0.1) is 12.6 Å². The molecular weight excluding hydrogens is 444 g/mol. The maximum atomic E-state index is 12.9. The molecule has 2 heterocycles. The number of carbonyl (C=O) groups is 1. The third-order valence-corrected chi connectivity index (χ3v) is 8.07. The van der Waals surface area contributed by atoms with Gasteiger partial charge in [0.25, 0.3) is 0 Å². The van der Waals surface area contributed by atoms with Crippen molar-refractivity contribution in [2.24, 2.45) is 0 Å². The summed E-state index contributed by atoms with van der Waals surface area (Å²) in [6.07, 6.45) is 6.19. The number of aliphatic carboxylic acids is 1. The molecule has 9 nitrogen and oxygen atoms in total. The molecule has 2 N–H and O–H groups in total. The molecule has 1 aromatic carbocycles. The average molecular weight is 471 g/mol. The van der Waals surface area contributed by atoms with Crippen molar-refractivity contribution in [3.63, 3.8) is 0 Å². The normalized spacial score (nSPS) is 15.7. The van der Waals surface area contributed by atoms with Gasteiger partial charge in [-0.2, -0.15) is 14.1 Å². The van der Waals surface area contributed by atoms with Gasteiger partial charge < -0.3 is 10.2 Å². The Hall–Kier alpha value is -3.24. The van der Waals surface area contributed by atoms with Crippen LogP contribution < -0.4 is 0 Å². The Morgan fingerprint density at radius 1 is 1.15 bits per heavy atom. The van der Waals surface area contributed by atoms with Crippen LogP contribution in [-0.4, -0.2) is 56.8 Å². The fourth-order valence-corrected chi connectivity index (χ4v) is 5.68. The van der Waals surface area contributed by atoms with Gasteiger partial charge in [-0.1, -0.05) is 43.2 Å². The third kappa shape index (κ3) is 4.62. The third-order valence-electron chi connectivity index (χ3n) is 6.18. The molecule has 1 aliphatic rings. The van der Waals surface area contributed by atoms with E-state index in [4.69, 9.17) is 0 Å². The lowest BCUT2D eigenvalue weighted by molar-refractivity contribution is -0.137. The minimum Gasteiger partial charge on any atom is -0.493 e. The number of aromatic nitrogens is 3. The molecule has 3 aromatic rings. The van der Waals surface area contributed by atoms with E-state index in [1.165, 1.54) is 33.5 Å². The molecule has 174 valence electrons. The molecular formula is C23H26N4O5S. The second-order valence-electron chi connectivity index (χ2n) is 8.21. The second kappa shape index (κ2) is 9.32. The molecule has 1 atom stereocenters. The number of sulfonamides is 1. The van der Waals surface area contributed by atoms with Crippen molar-refractivity contribution < 1.29 is 23.4 Å². The van der Waals surface area contributed by atoms with E-state index in [1.54, 1.807) is 31.3 Å². The van der Waals surface area contributed by atoms with Crippen LogP contribution >= 0.6 is 0 Å². The van der Waals surface area contributed by atoms with Crippen LogP contribution in [-0.2, 0) is 14.8 Å². The molecule has 33 heavy (non-hydrogen) atoms. The number of nitrogens with zero attached hydrogens (tertiary/aromatic N) is 4. The highest BCUT2D eigenvalue weighted by atomic mass is 32.2. The lowest BCUT2D eigenvalue weighted by Gasteiger charge is -2.23. The van der Waals surface area contributed by atoms with Crippen molar-refractivity contribution in [2.75, 3.05) is 7.05 Å². The molecule has 1 fully saturated rings. The van der Waals surface area contributed by atoms with Crippen molar-refractivity contribution in [1.82, 2.24) is 19.1 Å². The Kier molecular flexibility index (Phi) is 6.48. The van der Waals surface area contributed by atoms with E-state index in [1.807, 2.05) is 6.07 Å². The first-order valence-electron chi connectivity index (χ1n) is 10.8. The van der Waals surface area contributed by atoms with Crippen LogP contribution in [0.5, 0.6) is 5.88 Å². The first-order chi connectivity index (χ1) is 15.8. The van der Waals surface area contributed by atoms with Crippen LogP contribution in [0.3, 0.4) is 0 Å². The molecule has 0 amide bonds. The number of hydrogen-bond acceptors (Lipinski definition) is 6. The number of carboxylic acids is 1. The van der Waals surface area contributed by atoms with Crippen LogP contribution in [0.15, 0.2) is 59.8 Å². The van der Waals surface area contributed by atoms with Crippen molar-refractivity contribution in [3.05, 3.63) is 66.0 Å². The van der Waals surface area contributed by atoms with Gasteiger partial charge in [0.2, 0.25) is 15.9 Å². The van der Waals surface area contributed by atoms with Gasteiger partial charge in [-0.05, 0) is 30.5 Å². The van der Waals surface area contributed by atoms with Gasteiger partial charge in [0, 0.05) is 30.8 Å². The molecule has 10 heteroatoms. The summed E-state index contributed by atoms with van der Waals surface area (Å²) in [6, 6.07) is 11.9. The first kappa shape index (κ1) is 22.9. The number of carboxylic acid groups (broad SMARTS) is 1. The van der Waals surface area contributed by atoms with Crippen LogP contribution in [0.25, 0.3) is 5.82 Å². The van der Waals surface area contributed by atoms with E-state index in [0.717, 1.165) is 31.2 Å². The summed E-state index contributed by atoms with van der Waals surface area (Å²) in [6.45, 7) is 0. The second-order valence-corrected chi connectivity index (χ2v) is 10.2. The Balaban J connectivity index is 1.62. The van der Waals surface area contributed by atoms with E-state index < -0.39 is 21.9 Å². The van der Waals surface area contributed by atoms with E-state index in [2.05, 4.69) is 10.1 Å². The summed E-state index contributed by atoms with van der Waals surface area (Å²) in [4.78, 5) is 15.7. The molecule has 4 rings (SSSR count). The van der Waals surface area contributed by atoms with Crippen molar-refractivity contribution in [1.29, 1.82) is 0 Å². The van der Waals surface area contributed by atoms with Crippen LogP contribution in [0.4, 0.5) is 0 Å². The molecule has 2 aromatic heterocycles. The molecule has 1 unspecified atom stereocenters. The summed E-state index contributed by atoms with van der Waals surface area (Å²) in [5.41, 5.74) is 1.09. The predicted octanol–water partition coefficient (Wildman–Crippen LogP) is 3.14. The van der Waals surface area contributed by atoms with Gasteiger partial charge in [-0.25, -0.2) is 13.4 Å². The topological polar surface area (TPSA) is 126 Å². The maximum absolute atomic E-state index is 12.9.